The summed E-state index contributed by atoms with van der Waals surface area (Å²) in [6.07, 6.45) is 3.35. The number of urea groups is 1. The smallest absolute Gasteiger partial charge is 0.320 e. The van der Waals surface area contributed by atoms with Crippen molar-refractivity contribution in [1.82, 2.24) is 14.7 Å². The van der Waals surface area contributed by atoms with Crippen LogP contribution in [0.3, 0.4) is 0 Å². The molecule has 2 aliphatic heterocycles. The van der Waals surface area contributed by atoms with Gasteiger partial charge in [0.05, 0.1) is 0 Å². The predicted molar refractivity (Wildman–Crippen MR) is 99.0 cm³/mol. The molecule has 1 aromatic carbocycles. The van der Waals surface area contributed by atoms with Crippen molar-refractivity contribution in [2.45, 2.75) is 26.2 Å². The molecule has 26 heavy (non-hydrogen) atoms. The lowest BCUT2D eigenvalue weighted by Crippen LogP contribution is -2.54. The third kappa shape index (κ3) is 4.33. The van der Waals surface area contributed by atoms with Crippen LogP contribution in [-0.4, -0.2) is 71.8 Å². The van der Waals surface area contributed by atoms with E-state index < -0.39 is 0 Å². The van der Waals surface area contributed by atoms with Gasteiger partial charge >= 0.3 is 6.03 Å². The maximum absolute atomic E-state index is 12.7. The Morgan fingerprint density at radius 3 is 2.12 bits per heavy atom. The summed E-state index contributed by atoms with van der Waals surface area (Å²) in [5.41, 5.74) is 1.16. The topological polar surface area (TPSA) is 73.0 Å². The molecule has 2 fully saturated rings. The van der Waals surface area contributed by atoms with Crippen molar-refractivity contribution in [1.29, 1.82) is 0 Å². The zero-order chi connectivity index (χ0) is 18.5. The molecule has 4 amide bonds. The van der Waals surface area contributed by atoms with Crippen LogP contribution in [0.25, 0.3) is 0 Å². The number of carbonyl (C=O) groups is 3. The first-order chi connectivity index (χ1) is 12.5. The van der Waals surface area contributed by atoms with Crippen LogP contribution in [0, 0.1) is 0 Å². The number of nitrogens with zero attached hydrogens (tertiary/aromatic N) is 3. The summed E-state index contributed by atoms with van der Waals surface area (Å²) in [5.74, 6) is -0.235. The van der Waals surface area contributed by atoms with E-state index in [1.807, 2.05) is 9.80 Å². The first-order valence-electron chi connectivity index (χ1n) is 9.25. The fraction of sp³-hybridized carbons (Fsp3) is 0.526. The van der Waals surface area contributed by atoms with Gasteiger partial charge in [-0.2, -0.15) is 0 Å². The first kappa shape index (κ1) is 18.2. The highest BCUT2D eigenvalue weighted by Crippen LogP contribution is 2.16. The average molecular weight is 358 g/mol. The van der Waals surface area contributed by atoms with Crippen LogP contribution < -0.4 is 5.32 Å². The lowest BCUT2D eigenvalue weighted by atomic mass is 10.1. The Bertz CT molecular complexity index is 677. The fourth-order valence-corrected chi connectivity index (χ4v) is 3.50. The number of rotatable bonds is 2. The fourth-order valence-electron chi connectivity index (χ4n) is 3.50. The number of anilines is 1. The van der Waals surface area contributed by atoms with Crippen LogP contribution in [0.1, 0.15) is 36.5 Å². The van der Waals surface area contributed by atoms with Gasteiger partial charge in [-0.05, 0) is 37.5 Å². The minimum absolute atomic E-state index is 0.0673. The van der Waals surface area contributed by atoms with E-state index in [4.69, 9.17) is 0 Å². The van der Waals surface area contributed by atoms with E-state index in [1.54, 1.807) is 29.2 Å². The van der Waals surface area contributed by atoms with Gasteiger partial charge in [-0.15, -0.1) is 0 Å². The highest BCUT2D eigenvalue weighted by atomic mass is 16.2. The molecule has 0 bridgehead atoms. The van der Waals surface area contributed by atoms with E-state index in [0.29, 0.717) is 37.4 Å². The van der Waals surface area contributed by atoms with Gasteiger partial charge in [-0.25, -0.2) is 4.79 Å². The van der Waals surface area contributed by atoms with Crippen molar-refractivity contribution < 1.29 is 14.4 Å². The summed E-state index contributed by atoms with van der Waals surface area (Å²) >= 11 is 0. The standard InChI is InChI=1S/C19H26N4O3/c1-15(24)20-17-7-5-6-16(14-17)18(25)21-10-12-23(13-11-21)19(26)22-8-3-2-4-9-22/h5-7,14H,2-4,8-13H2,1H3,(H,20,24). The van der Waals surface area contributed by atoms with Crippen molar-refractivity contribution in [3.63, 3.8) is 0 Å². The van der Waals surface area contributed by atoms with Crippen LogP contribution >= 0.6 is 0 Å². The van der Waals surface area contributed by atoms with E-state index in [0.717, 1.165) is 25.9 Å². The van der Waals surface area contributed by atoms with Crippen molar-refractivity contribution >= 4 is 23.5 Å². The van der Waals surface area contributed by atoms with Crippen LogP contribution in [0.5, 0.6) is 0 Å². The third-order valence-corrected chi connectivity index (χ3v) is 4.89. The minimum atomic E-state index is -0.167. The second-order valence-electron chi connectivity index (χ2n) is 6.87. The molecule has 1 aromatic rings. The average Bonchev–Trinajstić information content (AvgIpc) is 2.67. The Balaban J connectivity index is 1.56. The number of amides is 4. The van der Waals surface area contributed by atoms with Crippen LogP contribution in [0.15, 0.2) is 24.3 Å². The summed E-state index contributed by atoms with van der Waals surface area (Å²) in [4.78, 5) is 42.0. The molecular formula is C19H26N4O3. The minimum Gasteiger partial charge on any atom is -0.335 e. The van der Waals surface area contributed by atoms with Crippen molar-refractivity contribution in [3.05, 3.63) is 29.8 Å². The van der Waals surface area contributed by atoms with Crippen LogP contribution in [0.2, 0.25) is 0 Å². The molecule has 0 spiro atoms. The largest absolute Gasteiger partial charge is 0.335 e. The second-order valence-corrected chi connectivity index (χ2v) is 6.87. The Kier molecular flexibility index (Phi) is 5.75. The number of piperidine rings is 1. The van der Waals surface area contributed by atoms with Crippen LogP contribution in [0.4, 0.5) is 10.5 Å². The summed E-state index contributed by atoms with van der Waals surface area (Å²) in [6, 6.07) is 7.06. The Hall–Kier alpha value is -2.57. The number of hydrogen-bond donors (Lipinski definition) is 1. The molecule has 7 heteroatoms. The van der Waals surface area contributed by atoms with Crippen molar-refractivity contribution in [3.8, 4) is 0 Å². The molecule has 0 atom stereocenters. The molecule has 3 rings (SSSR count). The third-order valence-electron chi connectivity index (χ3n) is 4.89. The zero-order valence-electron chi connectivity index (χ0n) is 15.2. The van der Waals surface area contributed by atoms with Gasteiger partial charge in [0.1, 0.15) is 0 Å². The van der Waals surface area contributed by atoms with Crippen molar-refractivity contribution in [2.75, 3.05) is 44.6 Å². The highest BCUT2D eigenvalue weighted by Gasteiger charge is 2.28. The van der Waals surface area contributed by atoms with Crippen molar-refractivity contribution in [2.24, 2.45) is 0 Å². The SMILES string of the molecule is CC(=O)Nc1cccc(C(=O)N2CCN(C(=O)N3CCCCC3)CC2)c1. The van der Waals surface area contributed by atoms with E-state index in [2.05, 4.69) is 5.32 Å². The number of carbonyl (C=O) groups excluding carboxylic acids is 3. The van der Waals surface area contributed by atoms with Gasteiger partial charge in [0.25, 0.3) is 5.91 Å². The molecule has 0 unspecified atom stereocenters. The van der Waals surface area contributed by atoms with Gasteiger partial charge in [0, 0.05) is 57.4 Å². The van der Waals surface area contributed by atoms with Gasteiger partial charge in [0.15, 0.2) is 0 Å². The molecular weight excluding hydrogens is 332 g/mol. The number of likely N-dealkylation sites (tertiary alicyclic amines) is 1. The summed E-state index contributed by atoms with van der Waals surface area (Å²) in [5, 5.41) is 2.69. The second kappa shape index (κ2) is 8.21. The molecule has 2 saturated heterocycles. The summed E-state index contributed by atoms with van der Waals surface area (Å²) in [6.45, 7) is 5.30. The molecule has 1 N–H and O–H groups in total. The predicted octanol–water partition coefficient (Wildman–Crippen LogP) is 2.01. The first-order valence-corrected chi connectivity index (χ1v) is 9.25. The molecule has 140 valence electrons. The molecule has 0 saturated carbocycles. The Morgan fingerprint density at radius 2 is 1.46 bits per heavy atom. The normalized spacial score (nSPS) is 17.8. The van der Waals surface area contributed by atoms with Gasteiger partial charge in [0.2, 0.25) is 5.91 Å². The van der Waals surface area contributed by atoms with E-state index >= 15 is 0 Å². The summed E-state index contributed by atoms with van der Waals surface area (Å²) < 4.78 is 0. The number of piperazine rings is 1. The van der Waals surface area contributed by atoms with E-state index in [9.17, 15) is 14.4 Å². The Morgan fingerprint density at radius 1 is 0.846 bits per heavy atom. The maximum Gasteiger partial charge on any atom is 0.320 e. The molecule has 0 aliphatic carbocycles. The van der Waals surface area contributed by atoms with E-state index in [-0.39, 0.29) is 17.8 Å². The lowest BCUT2D eigenvalue weighted by molar-refractivity contribution is -0.114. The molecule has 2 aliphatic rings. The molecule has 0 aromatic heterocycles. The number of hydrogen-bond acceptors (Lipinski definition) is 3. The summed E-state index contributed by atoms with van der Waals surface area (Å²) in [7, 11) is 0. The van der Waals surface area contributed by atoms with Gasteiger partial charge in [-0.1, -0.05) is 6.07 Å². The quantitative estimate of drug-likeness (QED) is 0.879. The van der Waals surface area contributed by atoms with Gasteiger partial charge in [-0.3, -0.25) is 9.59 Å². The molecule has 7 nitrogen and oxygen atoms in total. The molecule has 0 radical (unpaired) electrons. The Labute approximate surface area is 153 Å². The van der Waals surface area contributed by atoms with Crippen LogP contribution in [-0.2, 0) is 4.79 Å². The monoisotopic (exact) mass is 358 g/mol. The maximum atomic E-state index is 12.7. The van der Waals surface area contributed by atoms with E-state index in [1.165, 1.54) is 13.3 Å². The zero-order valence-corrected chi connectivity index (χ0v) is 15.2. The number of benzene rings is 1. The highest BCUT2D eigenvalue weighted by molar-refractivity contribution is 5.97. The molecule has 2 heterocycles. The number of nitrogens with one attached hydrogen (secondary N) is 1. The van der Waals surface area contributed by atoms with Gasteiger partial charge < -0.3 is 20.0 Å². The lowest BCUT2D eigenvalue weighted by Gasteiger charge is -2.38.